The maximum atomic E-state index is 14.3. The zero-order chi connectivity index (χ0) is 31.1. The van der Waals surface area contributed by atoms with E-state index in [1.165, 1.54) is 15.9 Å². The number of fused-ring (bicyclic) bond motifs is 5. The summed E-state index contributed by atoms with van der Waals surface area (Å²) in [6.07, 6.45) is 5.54. The van der Waals surface area contributed by atoms with Gasteiger partial charge in [0.2, 0.25) is 11.8 Å². The molecule has 2 saturated carbocycles. The van der Waals surface area contributed by atoms with E-state index in [0.29, 0.717) is 36.0 Å². The molecular formula is C34H39FN4O6. The first-order valence-electron chi connectivity index (χ1n) is 16.2. The largest absolute Gasteiger partial charge is 0.444 e. The van der Waals surface area contributed by atoms with Crippen LogP contribution in [0.15, 0.2) is 48.5 Å². The number of carbonyl (C=O) groups excluding carboxylic acids is 4. The van der Waals surface area contributed by atoms with Crippen LogP contribution in [0.3, 0.4) is 0 Å². The molecule has 2 N–H and O–H groups in total. The number of para-hydroxylation sites is 1. The van der Waals surface area contributed by atoms with Crippen LogP contribution >= 0.6 is 0 Å². The molecule has 7 rings (SSSR count). The standard InChI is InChI=1S/C34H39FN4O6/c35-28-13-8-10-22-18-38(20-26(22)28)33(43)44-24-16-29-31(41)36-34(32(42)37-45-23-11-5-3-6-12-23)17-27(34)25-15-21(25)9-4-1-2-7-14-30(40)39(29)19-24/h3,5-6,8,10-13,21,24-25,27,29H,1-2,4,7,9,14-20H2,(H,36,41)(H,37,42)/t21?,24-,25?,27+,29+,34-/m1/s1. The quantitative estimate of drug-likeness (QED) is 0.496. The molecule has 2 aliphatic carbocycles. The minimum Gasteiger partial charge on any atom is -0.444 e. The van der Waals surface area contributed by atoms with Gasteiger partial charge in [0.15, 0.2) is 5.75 Å². The molecular weight excluding hydrogens is 579 g/mol. The zero-order valence-corrected chi connectivity index (χ0v) is 25.2. The second kappa shape index (κ2) is 12.0. The van der Waals surface area contributed by atoms with Gasteiger partial charge in [0.1, 0.15) is 23.5 Å². The minimum absolute atomic E-state index is 0.00711. The molecule has 11 heteroatoms. The predicted octanol–water partition coefficient (Wildman–Crippen LogP) is 4.22. The number of ether oxygens (including phenoxy) is 1. The van der Waals surface area contributed by atoms with E-state index < -0.39 is 35.6 Å². The molecule has 45 heavy (non-hydrogen) atoms. The molecule has 0 bridgehead atoms. The first-order valence-corrected chi connectivity index (χ1v) is 16.2. The summed E-state index contributed by atoms with van der Waals surface area (Å²) in [7, 11) is 0. The third-order valence-electron chi connectivity index (χ3n) is 10.3. The normalized spacial score (nSPS) is 30.8. The Labute approximate surface area is 261 Å². The lowest BCUT2D eigenvalue weighted by atomic mass is 10.0. The first-order chi connectivity index (χ1) is 21.8. The van der Waals surface area contributed by atoms with Crippen molar-refractivity contribution in [3.8, 4) is 5.75 Å². The van der Waals surface area contributed by atoms with E-state index in [1.807, 2.05) is 6.07 Å². The van der Waals surface area contributed by atoms with E-state index in [4.69, 9.17) is 9.57 Å². The van der Waals surface area contributed by atoms with Crippen LogP contribution in [-0.4, -0.2) is 57.8 Å². The monoisotopic (exact) mass is 618 g/mol. The molecule has 238 valence electrons. The van der Waals surface area contributed by atoms with Crippen LogP contribution in [0.2, 0.25) is 0 Å². The molecule has 0 spiro atoms. The van der Waals surface area contributed by atoms with Crippen LogP contribution in [0.5, 0.6) is 5.75 Å². The maximum absolute atomic E-state index is 14.3. The van der Waals surface area contributed by atoms with Crippen molar-refractivity contribution in [2.45, 2.75) is 88.6 Å². The second-order valence-corrected chi connectivity index (χ2v) is 13.3. The van der Waals surface area contributed by atoms with Crippen molar-refractivity contribution in [3.05, 3.63) is 65.5 Å². The Bertz CT molecular complexity index is 1490. The van der Waals surface area contributed by atoms with Crippen molar-refractivity contribution in [3.63, 3.8) is 0 Å². The lowest BCUT2D eigenvalue weighted by Gasteiger charge is -2.26. The molecule has 2 aromatic carbocycles. The summed E-state index contributed by atoms with van der Waals surface area (Å²) in [6.45, 7) is 0.423. The van der Waals surface area contributed by atoms with Crippen LogP contribution in [0, 0.1) is 23.6 Å². The Morgan fingerprint density at radius 1 is 0.978 bits per heavy atom. The molecule has 5 aliphatic rings. The van der Waals surface area contributed by atoms with E-state index in [1.54, 1.807) is 36.4 Å². The van der Waals surface area contributed by atoms with Gasteiger partial charge in [-0.3, -0.25) is 19.3 Å². The van der Waals surface area contributed by atoms with Gasteiger partial charge >= 0.3 is 6.09 Å². The van der Waals surface area contributed by atoms with Crippen LogP contribution in [-0.2, 0) is 32.2 Å². The van der Waals surface area contributed by atoms with Gasteiger partial charge in [-0.15, -0.1) is 0 Å². The predicted molar refractivity (Wildman–Crippen MR) is 160 cm³/mol. The zero-order valence-electron chi connectivity index (χ0n) is 25.2. The highest BCUT2D eigenvalue weighted by Crippen LogP contribution is 2.61. The van der Waals surface area contributed by atoms with Crippen molar-refractivity contribution in [2.24, 2.45) is 17.8 Å². The lowest BCUT2D eigenvalue weighted by Crippen LogP contribution is -2.56. The number of rotatable bonds is 4. The average Bonchev–Trinajstić information content (AvgIpc) is 3.85. The third kappa shape index (κ3) is 5.96. The molecule has 4 fully saturated rings. The van der Waals surface area contributed by atoms with Crippen molar-refractivity contribution in [2.75, 3.05) is 6.54 Å². The molecule has 3 heterocycles. The van der Waals surface area contributed by atoms with Crippen molar-refractivity contribution < 1.29 is 33.1 Å². The SMILES string of the molecule is O=C1N[C@]2(C(=O)NOc3ccccc3)C[C@H]2C2CC2CCCCCCC(=O)N2C[C@H](OC(=O)N3Cc4cccc(F)c4C3)C[C@@H]12. The summed E-state index contributed by atoms with van der Waals surface area (Å²) in [6, 6.07) is 12.8. The van der Waals surface area contributed by atoms with E-state index in [-0.39, 0.29) is 43.7 Å². The van der Waals surface area contributed by atoms with E-state index >= 15 is 0 Å². The Morgan fingerprint density at radius 3 is 2.62 bits per heavy atom. The van der Waals surface area contributed by atoms with Gasteiger partial charge in [0, 0.05) is 24.9 Å². The number of amides is 4. The minimum atomic E-state index is -1.12. The molecule has 2 saturated heterocycles. The van der Waals surface area contributed by atoms with Crippen LogP contribution in [0.25, 0.3) is 0 Å². The number of hydrogen-bond acceptors (Lipinski definition) is 6. The van der Waals surface area contributed by atoms with Crippen molar-refractivity contribution in [1.29, 1.82) is 0 Å². The van der Waals surface area contributed by atoms with E-state index in [0.717, 1.165) is 44.1 Å². The van der Waals surface area contributed by atoms with Crippen LogP contribution in [0.4, 0.5) is 9.18 Å². The summed E-state index contributed by atoms with van der Waals surface area (Å²) < 4.78 is 20.1. The highest BCUT2D eigenvalue weighted by molar-refractivity contribution is 5.97. The Hall–Kier alpha value is -4.15. The Kier molecular flexibility index (Phi) is 7.87. The molecule has 2 unspecified atom stereocenters. The molecule has 4 amide bonds. The van der Waals surface area contributed by atoms with E-state index in [9.17, 15) is 23.6 Å². The van der Waals surface area contributed by atoms with E-state index in [2.05, 4.69) is 10.8 Å². The Morgan fingerprint density at radius 2 is 1.80 bits per heavy atom. The van der Waals surface area contributed by atoms with Gasteiger partial charge in [-0.05, 0) is 60.8 Å². The average molecular weight is 619 g/mol. The molecule has 0 aromatic heterocycles. The summed E-state index contributed by atoms with van der Waals surface area (Å²) in [5.74, 6) is 0.0184. The smallest absolute Gasteiger partial charge is 0.410 e. The first kappa shape index (κ1) is 29.6. The second-order valence-electron chi connectivity index (χ2n) is 13.3. The number of carbonyl (C=O) groups is 4. The van der Waals surface area contributed by atoms with Crippen molar-refractivity contribution >= 4 is 23.8 Å². The number of halogens is 1. The van der Waals surface area contributed by atoms with Crippen molar-refractivity contribution in [1.82, 2.24) is 20.6 Å². The number of hydroxylamine groups is 1. The number of nitrogens with zero attached hydrogens (tertiary/aromatic N) is 2. The molecule has 0 radical (unpaired) electrons. The molecule has 3 aliphatic heterocycles. The van der Waals surface area contributed by atoms with Gasteiger partial charge in [-0.25, -0.2) is 9.18 Å². The van der Waals surface area contributed by atoms with Gasteiger partial charge in [0.25, 0.3) is 5.91 Å². The number of hydrogen-bond donors (Lipinski definition) is 2. The molecule has 2 aromatic rings. The molecule has 6 atom stereocenters. The van der Waals surface area contributed by atoms with Crippen LogP contribution in [0.1, 0.15) is 68.9 Å². The topological polar surface area (TPSA) is 117 Å². The fourth-order valence-electron chi connectivity index (χ4n) is 7.66. The Balaban J connectivity index is 1.07. The van der Waals surface area contributed by atoms with Gasteiger partial charge in [0.05, 0.1) is 13.1 Å². The summed E-state index contributed by atoms with van der Waals surface area (Å²) >= 11 is 0. The third-order valence-corrected chi connectivity index (χ3v) is 10.3. The van der Waals surface area contributed by atoms with Crippen LogP contribution < -0.4 is 15.6 Å². The molecule has 10 nitrogen and oxygen atoms in total. The summed E-state index contributed by atoms with van der Waals surface area (Å²) in [5, 5.41) is 3.05. The fourth-order valence-corrected chi connectivity index (χ4v) is 7.66. The van der Waals surface area contributed by atoms with Gasteiger partial charge in [-0.1, -0.05) is 56.0 Å². The van der Waals surface area contributed by atoms with Gasteiger partial charge in [-0.2, -0.15) is 5.48 Å². The summed E-state index contributed by atoms with van der Waals surface area (Å²) in [5.41, 5.74) is 2.65. The lowest BCUT2D eigenvalue weighted by molar-refractivity contribution is -0.141. The highest BCUT2D eigenvalue weighted by atomic mass is 19.1. The number of nitrogens with one attached hydrogen (secondary N) is 2. The summed E-state index contributed by atoms with van der Waals surface area (Å²) in [4.78, 5) is 62.7. The van der Waals surface area contributed by atoms with Gasteiger partial charge < -0.3 is 19.8 Å². The fraction of sp³-hybridized carbons (Fsp3) is 0.529. The maximum Gasteiger partial charge on any atom is 0.410 e. The number of benzene rings is 2. The highest BCUT2D eigenvalue weighted by Gasteiger charge is 2.68.